The summed E-state index contributed by atoms with van der Waals surface area (Å²) in [6.07, 6.45) is 0.173. The number of thiophene rings is 1. The molecule has 2 aromatic rings. The number of benzene rings is 1. The molecule has 0 atom stereocenters. The predicted molar refractivity (Wildman–Crippen MR) is 133 cm³/mol. The Hall–Kier alpha value is -1.88. The van der Waals surface area contributed by atoms with Crippen molar-refractivity contribution in [3.8, 4) is 0 Å². The summed E-state index contributed by atoms with van der Waals surface area (Å²) in [4.78, 5) is 21.4. The highest BCUT2D eigenvalue weighted by Gasteiger charge is 2.20. The van der Waals surface area contributed by atoms with Crippen LogP contribution in [0.5, 0.6) is 0 Å². The van der Waals surface area contributed by atoms with Crippen LogP contribution < -0.4 is 15.5 Å². The number of anilines is 1. The topological polar surface area (TPSA) is 60.0 Å². The van der Waals surface area contributed by atoms with Gasteiger partial charge in [0.1, 0.15) is 5.82 Å². The molecule has 1 aromatic heterocycles. The summed E-state index contributed by atoms with van der Waals surface area (Å²) in [5, 5.41) is 9.62. The van der Waals surface area contributed by atoms with Gasteiger partial charge in [-0.15, -0.1) is 35.3 Å². The quantitative estimate of drug-likeness (QED) is 0.243. The number of halogens is 2. The average molecular weight is 545 g/mol. The minimum Gasteiger partial charge on any atom is -0.360 e. The number of hydrogen-bond donors (Lipinski definition) is 2. The van der Waals surface area contributed by atoms with Gasteiger partial charge in [-0.1, -0.05) is 12.1 Å². The van der Waals surface area contributed by atoms with Crippen LogP contribution in [-0.2, 0) is 11.2 Å². The van der Waals surface area contributed by atoms with Gasteiger partial charge in [0.2, 0.25) is 5.91 Å². The monoisotopic (exact) mass is 545 g/mol. The van der Waals surface area contributed by atoms with E-state index in [-0.39, 0.29) is 42.1 Å². The Bertz CT molecular complexity index is 809. The highest BCUT2D eigenvalue weighted by molar-refractivity contribution is 14.0. The first-order valence-electron chi connectivity index (χ1n) is 9.98. The molecule has 0 aliphatic carbocycles. The summed E-state index contributed by atoms with van der Waals surface area (Å²) < 4.78 is 13.2. The molecule has 1 aliphatic rings. The lowest BCUT2D eigenvalue weighted by molar-refractivity contribution is -0.120. The fourth-order valence-electron chi connectivity index (χ4n) is 3.27. The van der Waals surface area contributed by atoms with Gasteiger partial charge in [-0.25, -0.2) is 4.39 Å². The zero-order chi connectivity index (χ0) is 20.5. The fourth-order valence-corrected chi connectivity index (χ4v) is 4.05. The van der Waals surface area contributed by atoms with Gasteiger partial charge in [0.15, 0.2) is 5.96 Å². The summed E-state index contributed by atoms with van der Waals surface area (Å²) in [6.45, 7) is 7.57. The van der Waals surface area contributed by atoms with Gasteiger partial charge < -0.3 is 20.4 Å². The van der Waals surface area contributed by atoms with Crippen LogP contribution in [0, 0.1) is 5.82 Å². The zero-order valence-electron chi connectivity index (χ0n) is 17.1. The summed E-state index contributed by atoms with van der Waals surface area (Å²) in [5.41, 5.74) is 0.669. The fraction of sp³-hybridized carbons (Fsp3) is 0.429. The summed E-state index contributed by atoms with van der Waals surface area (Å²) in [7, 11) is 0. The molecule has 9 heteroatoms. The van der Waals surface area contributed by atoms with E-state index in [1.165, 1.54) is 17.1 Å². The maximum absolute atomic E-state index is 13.2. The van der Waals surface area contributed by atoms with Crippen LogP contribution in [-0.4, -0.2) is 62.6 Å². The number of guanidine groups is 1. The van der Waals surface area contributed by atoms with Crippen molar-refractivity contribution in [2.75, 3.05) is 50.7 Å². The number of carbonyl (C=O) groups is 1. The molecule has 1 aliphatic heterocycles. The van der Waals surface area contributed by atoms with E-state index in [0.29, 0.717) is 18.7 Å². The first-order valence-corrected chi connectivity index (χ1v) is 10.9. The largest absolute Gasteiger partial charge is 0.360 e. The molecule has 2 N–H and O–H groups in total. The van der Waals surface area contributed by atoms with Crippen LogP contribution >= 0.6 is 35.3 Å². The van der Waals surface area contributed by atoms with Gasteiger partial charge in [-0.3, -0.25) is 9.79 Å². The third-order valence-corrected chi connectivity index (χ3v) is 5.61. The van der Waals surface area contributed by atoms with Gasteiger partial charge in [0, 0.05) is 39.3 Å². The smallest absolute Gasteiger partial charge is 0.224 e. The third kappa shape index (κ3) is 7.42. The second kappa shape index (κ2) is 12.7. The lowest BCUT2D eigenvalue weighted by Crippen LogP contribution is -2.52. The maximum Gasteiger partial charge on any atom is 0.224 e. The van der Waals surface area contributed by atoms with Crippen LogP contribution in [0.2, 0.25) is 0 Å². The van der Waals surface area contributed by atoms with E-state index in [2.05, 4.69) is 49.9 Å². The third-order valence-electron chi connectivity index (χ3n) is 4.68. The van der Waals surface area contributed by atoms with E-state index in [9.17, 15) is 9.18 Å². The van der Waals surface area contributed by atoms with Crippen molar-refractivity contribution in [2.24, 2.45) is 4.99 Å². The van der Waals surface area contributed by atoms with E-state index in [0.717, 1.165) is 38.7 Å². The number of aliphatic imine (C=N–C) groups is 1. The Balaban J connectivity index is 0.00000320. The number of amides is 1. The Labute approximate surface area is 198 Å². The van der Waals surface area contributed by atoms with Crippen molar-refractivity contribution < 1.29 is 9.18 Å². The Morgan fingerprint density at radius 2 is 1.97 bits per heavy atom. The maximum atomic E-state index is 13.2. The standard InChI is InChI=1S/C21H28FN5OS.HI/c1-2-23-21(27-12-10-26(11-13-27)20-7-4-14-29-20)25-9-8-24-19(28)16-17-5-3-6-18(22)15-17;/h3-7,14-15H,2,8-13,16H2,1H3,(H,23,25)(H,24,28);1H. The molecule has 0 unspecified atom stereocenters. The Morgan fingerprint density at radius 3 is 2.63 bits per heavy atom. The summed E-state index contributed by atoms with van der Waals surface area (Å²) >= 11 is 1.77. The molecule has 0 spiro atoms. The van der Waals surface area contributed by atoms with Crippen LogP contribution in [0.15, 0.2) is 46.8 Å². The Kier molecular flexibility index (Phi) is 10.4. The minimum atomic E-state index is -0.325. The highest BCUT2D eigenvalue weighted by Crippen LogP contribution is 2.22. The molecule has 1 amide bonds. The first kappa shape index (κ1) is 24.4. The molecule has 1 saturated heterocycles. The summed E-state index contributed by atoms with van der Waals surface area (Å²) in [6, 6.07) is 10.4. The van der Waals surface area contributed by atoms with Crippen molar-refractivity contribution in [1.82, 2.24) is 15.5 Å². The molecule has 1 fully saturated rings. The van der Waals surface area contributed by atoms with Crippen molar-refractivity contribution >= 4 is 52.2 Å². The van der Waals surface area contributed by atoms with Crippen LogP contribution in [0.3, 0.4) is 0 Å². The molecule has 0 bridgehead atoms. The number of hydrogen-bond acceptors (Lipinski definition) is 4. The van der Waals surface area contributed by atoms with Gasteiger partial charge >= 0.3 is 0 Å². The van der Waals surface area contributed by atoms with Crippen LogP contribution in [0.4, 0.5) is 9.39 Å². The SMILES string of the molecule is CCNC(=NCCNC(=O)Cc1cccc(F)c1)N1CCN(c2cccs2)CC1.I. The zero-order valence-corrected chi connectivity index (χ0v) is 20.3. The van der Waals surface area contributed by atoms with Gasteiger partial charge in [0.25, 0.3) is 0 Å². The van der Waals surface area contributed by atoms with E-state index in [1.807, 2.05) is 0 Å². The van der Waals surface area contributed by atoms with Crippen molar-refractivity contribution in [2.45, 2.75) is 13.3 Å². The molecule has 1 aromatic carbocycles. The average Bonchev–Trinajstić information content (AvgIpc) is 3.25. The van der Waals surface area contributed by atoms with Crippen LogP contribution in [0.25, 0.3) is 0 Å². The normalized spacial score (nSPS) is 14.3. The van der Waals surface area contributed by atoms with Crippen molar-refractivity contribution in [3.63, 3.8) is 0 Å². The molecular formula is C21H29FIN5OS. The van der Waals surface area contributed by atoms with Crippen molar-refractivity contribution in [1.29, 1.82) is 0 Å². The second-order valence-electron chi connectivity index (χ2n) is 6.82. The molecule has 0 saturated carbocycles. The molecule has 6 nitrogen and oxygen atoms in total. The van der Waals surface area contributed by atoms with Crippen molar-refractivity contribution in [3.05, 3.63) is 53.2 Å². The van der Waals surface area contributed by atoms with Gasteiger partial charge in [-0.2, -0.15) is 0 Å². The highest BCUT2D eigenvalue weighted by atomic mass is 127. The number of rotatable bonds is 7. The van der Waals surface area contributed by atoms with Crippen LogP contribution in [0.1, 0.15) is 12.5 Å². The van der Waals surface area contributed by atoms with E-state index in [4.69, 9.17) is 0 Å². The minimum absolute atomic E-state index is 0. The molecule has 30 heavy (non-hydrogen) atoms. The molecule has 3 rings (SSSR count). The number of nitrogens with one attached hydrogen (secondary N) is 2. The number of nitrogens with zero attached hydrogens (tertiary/aromatic N) is 3. The van der Waals surface area contributed by atoms with E-state index in [1.54, 1.807) is 23.5 Å². The van der Waals surface area contributed by atoms with Gasteiger partial charge in [-0.05, 0) is 42.1 Å². The Morgan fingerprint density at radius 1 is 1.17 bits per heavy atom. The lowest BCUT2D eigenvalue weighted by atomic mass is 10.1. The predicted octanol–water partition coefficient (Wildman–Crippen LogP) is 2.95. The number of piperazine rings is 1. The lowest BCUT2D eigenvalue weighted by Gasteiger charge is -2.37. The molecule has 2 heterocycles. The van der Waals surface area contributed by atoms with E-state index < -0.39 is 0 Å². The number of carbonyl (C=O) groups excluding carboxylic acids is 1. The van der Waals surface area contributed by atoms with E-state index >= 15 is 0 Å². The van der Waals surface area contributed by atoms with Gasteiger partial charge in [0.05, 0.1) is 18.0 Å². The summed E-state index contributed by atoms with van der Waals surface area (Å²) in [5.74, 6) is 0.437. The molecular weight excluding hydrogens is 516 g/mol. The molecule has 0 radical (unpaired) electrons. The first-order chi connectivity index (χ1) is 14.2. The molecule has 164 valence electrons. The second-order valence-corrected chi connectivity index (χ2v) is 7.74.